The Hall–Kier alpha value is -2.98. The molecule has 0 saturated carbocycles. The molecular weight excluding hydrogens is 500 g/mol. The molecule has 6 rings (SSSR count). The van der Waals surface area contributed by atoms with E-state index in [0.29, 0.717) is 41.1 Å². The van der Waals surface area contributed by atoms with Crippen molar-refractivity contribution in [3.63, 3.8) is 0 Å². The standard InChI is InChI=1S/C26H26N4O4S.ClH/c1-34-20-4-2-3-16-17(20)7-5-15-12-29(13-19(15)16)9-10-30-25(32)23-22(28-26(30)33)18-11-14(24(27)31)6-8-21(18)35-23;/h2-4,6,8,11,15,19H,5,7,9-10,12-13H2,1H3,(H2,27,31)(H,28,33);1H/t15-,19+;/m0./s1. The highest BCUT2D eigenvalue weighted by Crippen LogP contribution is 2.44. The second-order valence-electron chi connectivity index (χ2n) is 9.55. The van der Waals surface area contributed by atoms with Gasteiger partial charge in [0.2, 0.25) is 5.91 Å². The molecule has 2 atom stereocenters. The minimum absolute atomic E-state index is 0. The average Bonchev–Trinajstić information content (AvgIpc) is 3.44. The summed E-state index contributed by atoms with van der Waals surface area (Å²) in [5.74, 6) is 1.22. The van der Waals surface area contributed by atoms with Crippen LogP contribution in [0.25, 0.3) is 10.1 Å². The van der Waals surface area contributed by atoms with Crippen LogP contribution in [-0.2, 0) is 6.42 Å². The van der Waals surface area contributed by atoms with Crippen molar-refractivity contribution in [1.29, 1.82) is 0 Å². The maximum atomic E-state index is 13.3. The number of rotatable bonds is 5. The van der Waals surface area contributed by atoms with E-state index >= 15 is 0 Å². The SMILES string of the molecule is COc1cccc2c1CC[C@H]1CN(CCN3C(=O)[NH2+]c4c(sc5ccc(C(N)=O)cc45)C3=O)C[C@@H]21.[Cl-]. The van der Waals surface area contributed by atoms with E-state index in [2.05, 4.69) is 17.0 Å². The molecule has 10 heteroatoms. The lowest BCUT2D eigenvalue weighted by Crippen LogP contribution is -3.00. The van der Waals surface area contributed by atoms with Crippen molar-refractivity contribution in [2.45, 2.75) is 18.8 Å². The lowest BCUT2D eigenvalue weighted by Gasteiger charge is -2.28. The van der Waals surface area contributed by atoms with Gasteiger partial charge in [-0.3, -0.25) is 9.59 Å². The molecule has 0 spiro atoms. The largest absolute Gasteiger partial charge is 1.00 e. The number of fused-ring (bicyclic) bond motifs is 6. The molecule has 3 aliphatic rings. The van der Waals surface area contributed by atoms with Crippen molar-refractivity contribution >= 4 is 45.0 Å². The van der Waals surface area contributed by atoms with Crippen LogP contribution in [0.15, 0.2) is 36.4 Å². The van der Waals surface area contributed by atoms with Gasteiger partial charge >= 0.3 is 6.03 Å². The maximum Gasteiger partial charge on any atom is 0.428 e. The Morgan fingerprint density at radius 1 is 1.19 bits per heavy atom. The molecule has 0 unspecified atom stereocenters. The first-order chi connectivity index (χ1) is 16.9. The number of nitrogens with zero attached hydrogens (tertiary/aromatic N) is 2. The Bertz CT molecular complexity index is 1390. The predicted octanol–water partition coefficient (Wildman–Crippen LogP) is -0.555. The summed E-state index contributed by atoms with van der Waals surface area (Å²) < 4.78 is 6.44. The van der Waals surface area contributed by atoms with E-state index < -0.39 is 5.91 Å². The minimum atomic E-state index is -0.533. The van der Waals surface area contributed by atoms with E-state index in [1.165, 1.54) is 32.7 Å². The fourth-order valence-electron chi connectivity index (χ4n) is 5.96. The van der Waals surface area contributed by atoms with Gasteiger partial charge in [0.05, 0.1) is 12.5 Å². The van der Waals surface area contributed by atoms with Gasteiger partial charge in [-0.1, -0.05) is 12.1 Å². The Morgan fingerprint density at radius 2 is 2.03 bits per heavy atom. The summed E-state index contributed by atoms with van der Waals surface area (Å²) >= 11 is 1.35. The van der Waals surface area contributed by atoms with Crippen LogP contribution in [0.5, 0.6) is 5.75 Å². The Morgan fingerprint density at radius 3 is 2.81 bits per heavy atom. The summed E-state index contributed by atoms with van der Waals surface area (Å²) in [7, 11) is 1.73. The molecule has 188 valence electrons. The number of primary amides is 2. The van der Waals surface area contributed by atoms with Crippen molar-refractivity contribution in [3.05, 3.63) is 58.0 Å². The van der Waals surface area contributed by atoms with Crippen LogP contribution in [0.2, 0.25) is 0 Å². The molecule has 0 radical (unpaired) electrons. The second-order valence-corrected chi connectivity index (χ2v) is 10.6. The van der Waals surface area contributed by atoms with Crippen LogP contribution in [-0.4, -0.2) is 60.9 Å². The summed E-state index contributed by atoms with van der Waals surface area (Å²) in [4.78, 5) is 42.1. The van der Waals surface area contributed by atoms with Gasteiger partial charge in [0.25, 0.3) is 5.91 Å². The number of carbonyl (C=O) groups excluding carboxylic acids is 3. The molecule has 36 heavy (non-hydrogen) atoms. The number of urea groups is 1. The summed E-state index contributed by atoms with van der Waals surface area (Å²) in [6.07, 6.45) is 2.15. The van der Waals surface area contributed by atoms with E-state index in [9.17, 15) is 14.4 Å². The maximum absolute atomic E-state index is 13.3. The Labute approximate surface area is 218 Å². The third-order valence-electron chi connectivity index (χ3n) is 7.69. The first-order valence-corrected chi connectivity index (χ1v) is 12.7. The van der Waals surface area contributed by atoms with E-state index in [-0.39, 0.29) is 24.3 Å². The normalized spacial score (nSPS) is 21.1. The Balaban J connectivity index is 0.00000267. The van der Waals surface area contributed by atoms with E-state index in [4.69, 9.17) is 10.5 Å². The molecule has 4 amide bonds. The number of benzene rings is 2. The van der Waals surface area contributed by atoms with Crippen LogP contribution in [0.3, 0.4) is 0 Å². The second kappa shape index (κ2) is 9.48. The number of hydrogen-bond acceptors (Lipinski definition) is 6. The van der Waals surface area contributed by atoms with Gasteiger partial charge in [-0.2, -0.15) is 0 Å². The van der Waals surface area contributed by atoms with E-state index in [0.717, 1.165) is 41.8 Å². The van der Waals surface area contributed by atoms with Gasteiger partial charge in [0.15, 0.2) is 10.6 Å². The zero-order valence-electron chi connectivity index (χ0n) is 19.8. The van der Waals surface area contributed by atoms with Crippen LogP contribution in [0, 0.1) is 5.92 Å². The van der Waals surface area contributed by atoms with Crippen molar-refractivity contribution in [2.24, 2.45) is 11.7 Å². The minimum Gasteiger partial charge on any atom is -1.00 e. The van der Waals surface area contributed by atoms with Gasteiger partial charge in [0, 0.05) is 42.4 Å². The molecule has 3 heterocycles. The van der Waals surface area contributed by atoms with Crippen molar-refractivity contribution in [1.82, 2.24) is 9.80 Å². The number of imide groups is 1. The lowest BCUT2D eigenvalue weighted by molar-refractivity contribution is -0.471. The number of halogens is 1. The summed E-state index contributed by atoms with van der Waals surface area (Å²) in [5.41, 5.74) is 9.08. The molecule has 8 nitrogen and oxygen atoms in total. The number of amides is 4. The third kappa shape index (κ3) is 3.96. The van der Waals surface area contributed by atoms with Gasteiger partial charge in [-0.15, -0.1) is 11.3 Å². The number of nitrogens with two attached hydrogens (primary N) is 2. The lowest BCUT2D eigenvalue weighted by atomic mass is 9.77. The smallest absolute Gasteiger partial charge is 0.428 e. The van der Waals surface area contributed by atoms with Crippen molar-refractivity contribution < 1.29 is 36.8 Å². The summed E-state index contributed by atoms with van der Waals surface area (Å²) in [6, 6.07) is 11.1. The number of methoxy groups -OCH3 is 1. The zero-order valence-corrected chi connectivity index (χ0v) is 21.4. The number of thiophene rings is 1. The van der Waals surface area contributed by atoms with Gasteiger partial charge in [0.1, 0.15) is 5.75 Å². The highest BCUT2D eigenvalue weighted by molar-refractivity contribution is 7.21. The molecule has 1 fully saturated rings. The molecule has 2 aromatic carbocycles. The fourth-order valence-corrected chi connectivity index (χ4v) is 7.07. The number of carbonyl (C=O) groups is 3. The first-order valence-electron chi connectivity index (χ1n) is 11.9. The molecular formula is C26H27ClN4O4S. The predicted molar refractivity (Wildman–Crippen MR) is 132 cm³/mol. The van der Waals surface area contributed by atoms with Crippen molar-refractivity contribution in [3.8, 4) is 5.75 Å². The highest BCUT2D eigenvalue weighted by Gasteiger charge is 2.41. The van der Waals surface area contributed by atoms with Crippen LogP contribution >= 0.6 is 11.3 Å². The Kier molecular flexibility index (Phi) is 6.50. The van der Waals surface area contributed by atoms with Crippen LogP contribution in [0.4, 0.5) is 10.5 Å². The number of likely N-dealkylation sites (tertiary alicyclic amines) is 1. The zero-order chi connectivity index (χ0) is 24.3. The molecule has 1 aliphatic carbocycles. The third-order valence-corrected chi connectivity index (χ3v) is 8.87. The highest BCUT2D eigenvalue weighted by atomic mass is 35.5. The van der Waals surface area contributed by atoms with Crippen LogP contribution < -0.4 is 28.2 Å². The first kappa shape index (κ1) is 24.7. The molecule has 1 saturated heterocycles. The topological polar surface area (TPSA) is 110 Å². The summed E-state index contributed by atoms with van der Waals surface area (Å²) in [5, 5.41) is 2.24. The van der Waals surface area contributed by atoms with Gasteiger partial charge < -0.3 is 27.8 Å². The van der Waals surface area contributed by atoms with Crippen LogP contribution in [0.1, 0.15) is 43.5 Å². The van der Waals surface area contributed by atoms with Gasteiger partial charge in [-0.25, -0.2) is 15.0 Å². The monoisotopic (exact) mass is 526 g/mol. The van der Waals surface area contributed by atoms with E-state index in [1.807, 2.05) is 6.07 Å². The summed E-state index contributed by atoms with van der Waals surface area (Å²) in [6.45, 7) is 2.92. The quantitative estimate of drug-likeness (QED) is 0.463. The molecule has 3 aromatic rings. The molecule has 1 aromatic heterocycles. The van der Waals surface area contributed by atoms with Crippen molar-refractivity contribution in [2.75, 3.05) is 33.3 Å². The number of hydrogen-bond donors (Lipinski definition) is 2. The average molecular weight is 527 g/mol. The number of quaternary nitrogens is 1. The fraction of sp³-hybridized carbons (Fsp3) is 0.346. The molecule has 2 aliphatic heterocycles. The molecule has 4 N–H and O–H groups in total. The molecule has 0 bridgehead atoms. The van der Waals surface area contributed by atoms with Gasteiger partial charge in [-0.05, 0) is 54.2 Å². The van der Waals surface area contributed by atoms with E-state index in [1.54, 1.807) is 25.3 Å². The number of ether oxygens (including phenoxy) is 1.